The Balaban J connectivity index is 1.81. The molecule has 19 nitrogen and oxygen atoms in total. The highest BCUT2D eigenvalue weighted by Crippen LogP contribution is 2.25. The van der Waals surface area contributed by atoms with Crippen molar-refractivity contribution < 1.29 is 42.1 Å². The molecule has 0 saturated carbocycles. The van der Waals surface area contributed by atoms with E-state index >= 15 is 0 Å². The summed E-state index contributed by atoms with van der Waals surface area (Å²) in [5.41, 5.74) is 3.46. The third kappa shape index (κ3) is 7.71. The molecule has 6 N–H and O–H groups in total. The lowest BCUT2D eigenvalue weighted by atomic mass is 9.98. The first-order valence-electron chi connectivity index (χ1n) is 11.6. The van der Waals surface area contributed by atoms with Gasteiger partial charge >= 0.3 is 16.3 Å². The van der Waals surface area contributed by atoms with E-state index in [0.29, 0.717) is 5.69 Å². The van der Waals surface area contributed by atoms with E-state index in [2.05, 4.69) is 31.1 Å². The van der Waals surface area contributed by atoms with Gasteiger partial charge in [0.15, 0.2) is 10.8 Å². The number of thiazole rings is 1. The van der Waals surface area contributed by atoms with Crippen LogP contribution < -0.4 is 16.4 Å². The number of carboxylic acid groups (broad SMARTS) is 1. The fourth-order valence-electron chi connectivity index (χ4n) is 3.38. The quantitative estimate of drug-likeness (QED) is 0.0662. The Morgan fingerprint density at radius 2 is 2.00 bits per heavy atom. The Kier molecular flexibility index (Phi) is 9.26. The van der Waals surface area contributed by atoms with Crippen molar-refractivity contribution >= 4 is 56.2 Å². The summed E-state index contributed by atoms with van der Waals surface area (Å²) in [7, 11) is -1.59. The molecule has 3 amide bonds. The SMILES string of the molecule is CN(C)CC(=O)NCc1cn(C[C@@H]2[C@H](NC(=O)/C(=N\OC(C)(C)C(=O)O)c3csc(N)n3)C(=O)N2S(=O)(=O)O)nn1. The normalized spacial score (nSPS) is 17.8. The molecule has 224 valence electrons. The van der Waals surface area contributed by atoms with E-state index in [1.807, 2.05) is 0 Å². The standard InChI is InChI=1S/C20H28N10O9S2/c1-20(2,18(34)35)39-26-14(11-9-40-19(21)23-11)16(32)24-15-12(30(17(15)33)41(36,37)38)7-29-6-10(25-27-29)5-22-13(31)8-28(3)4/h6,9,12,15H,5,7-8H2,1-4H3,(H2,21,23)(H,22,31)(H,24,32)(H,34,35)(H,36,37,38)/b26-14-/t12-,15+/m1/s1. The van der Waals surface area contributed by atoms with Crippen LogP contribution in [0.4, 0.5) is 5.13 Å². The lowest BCUT2D eigenvalue weighted by Crippen LogP contribution is -2.73. The number of anilines is 1. The second-order valence-electron chi connectivity index (χ2n) is 9.49. The van der Waals surface area contributed by atoms with Crippen LogP contribution in [0, 0.1) is 0 Å². The van der Waals surface area contributed by atoms with Gasteiger partial charge in [-0.15, -0.1) is 16.4 Å². The topological polar surface area (TPSA) is 265 Å². The molecule has 2 aromatic heterocycles. The minimum absolute atomic E-state index is 0.0156. The number of nitrogen functional groups attached to an aromatic ring is 1. The van der Waals surface area contributed by atoms with E-state index in [1.165, 1.54) is 25.4 Å². The zero-order valence-electron chi connectivity index (χ0n) is 22.2. The molecule has 0 aromatic carbocycles. The Morgan fingerprint density at radius 1 is 1.32 bits per heavy atom. The van der Waals surface area contributed by atoms with Crippen LogP contribution in [0.5, 0.6) is 0 Å². The number of carboxylic acids is 1. The Bertz CT molecular complexity index is 1470. The van der Waals surface area contributed by atoms with Crippen LogP contribution in [0.15, 0.2) is 16.7 Å². The van der Waals surface area contributed by atoms with Crippen LogP contribution in [0.1, 0.15) is 25.2 Å². The maximum Gasteiger partial charge on any atom is 0.362 e. The van der Waals surface area contributed by atoms with Gasteiger partial charge in [0.05, 0.1) is 31.9 Å². The molecule has 0 unspecified atom stereocenters. The molecule has 0 aliphatic carbocycles. The largest absolute Gasteiger partial charge is 0.478 e. The van der Waals surface area contributed by atoms with E-state index in [1.54, 1.807) is 19.0 Å². The first kappa shape index (κ1) is 31.3. The van der Waals surface area contributed by atoms with E-state index < -0.39 is 51.5 Å². The number of oxime groups is 1. The van der Waals surface area contributed by atoms with Crippen molar-refractivity contribution in [3.05, 3.63) is 23.0 Å². The predicted octanol–water partition coefficient (Wildman–Crippen LogP) is -2.72. The van der Waals surface area contributed by atoms with Gasteiger partial charge in [0, 0.05) is 5.38 Å². The number of β-lactam (4-membered cyclic amide) rings is 1. The predicted molar refractivity (Wildman–Crippen MR) is 140 cm³/mol. The fraction of sp³-hybridized carbons (Fsp3) is 0.500. The fourth-order valence-corrected chi connectivity index (χ4v) is 4.80. The Labute approximate surface area is 237 Å². The number of nitrogens with one attached hydrogen (secondary N) is 2. The molecule has 0 bridgehead atoms. The number of likely N-dealkylation sites (N-methyl/N-ethyl adjacent to an activating group) is 1. The molecule has 2 aromatic rings. The average molecular weight is 617 g/mol. The van der Waals surface area contributed by atoms with Gasteiger partial charge in [0.25, 0.3) is 11.8 Å². The number of aliphatic carboxylic acids is 1. The van der Waals surface area contributed by atoms with Crippen LogP contribution in [-0.4, -0.2) is 115 Å². The van der Waals surface area contributed by atoms with Crippen molar-refractivity contribution in [3.8, 4) is 0 Å². The van der Waals surface area contributed by atoms with Crippen molar-refractivity contribution in [1.82, 2.24) is 39.8 Å². The van der Waals surface area contributed by atoms with Gasteiger partial charge in [-0.2, -0.15) is 8.42 Å². The van der Waals surface area contributed by atoms with Crippen LogP contribution >= 0.6 is 11.3 Å². The maximum atomic E-state index is 13.2. The van der Waals surface area contributed by atoms with Gasteiger partial charge in [0.2, 0.25) is 11.5 Å². The van der Waals surface area contributed by atoms with Gasteiger partial charge in [-0.05, 0) is 27.9 Å². The van der Waals surface area contributed by atoms with E-state index in [4.69, 9.17) is 10.6 Å². The first-order chi connectivity index (χ1) is 19.0. The molecule has 0 spiro atoms. The third-order valence-corrected chi connectivity index (χ3v) is 7.07. The molecule has 41 heavy (non-hydrogen) atoms. The summed E-state index contributed by atoms with van der Waals surface area (Å²) >= 11 is 0.945. The smallest absolute Gasteiger partial charge is 0.362 e. The molecule has 21 heteroatoms. The summed E-state index contributed by atoms with van der Waals surface area (Å²) < 4.78 is 34.7. The number of hydrogen-bond donors (Lipinski definition) is 5. The monoisotopic (exact) mass is 616 g/mol. The van der Waals surface area contributed by atoms with Gasteiger partial charge in [-0.25, -0.2) is 18.8 Å². The minimum atomic E-state index is -5.03. The van der Waals surface area contributed by atoms with Gasteiger partial charge < -0.3 is 31.2 Å². The number of hydrogen-bond acceptors (Lipinski definition) is 14. The number of nitrogens with two attached hydrogens (primary N) is 1. The van der Waals surface area contributed by atoms with Crippen LogP contribution in [0.25, 0.3) is 0 Å². The molecule has 1 fully saturated rings. The summed E-state index contributed by atoms with van der Waals surface area (Å²) in [6, 6.07) is -2.84. The zero-order chi connectivity index (χ0) is 30.7. The number of carbonyl (C=O) groups is 4. The van der Waals surface area contributed by atoms with Crippen molar-refractivity contribution in [2.24, 2.45) is 5.16 Å². The molecule has 3 rings (SSSR count). The maximum absolute atomic E-state index is 13.2. The average Bonchev–Trinajstić information content (AvgIpc) is 3.48. The highest BCUT2D eigenvalue weighted by Gasteiger charge is 2.54. The molecule has 3 heterocycles. The summed E-state index contributed by atoms with van der Waals surface area (Å²) in [6.07, 6.45) is 1.38. The van der Waals surface area contributed by atoms with Gasteiger partial charge in [0.1, 0.15) is 17.4 Å². The Morgan fingerprint density at radius 3 is 2.56 bits per heavy atom. The highest BCUT2D eigenvalue weighted by atomic mass is 32.2. The van der Waals surface area contributed by atoms with E-state index in [-0.39, 0.29) is 40.7 Å². The third-order valence-electron chi connectivity index (χ3n) is 5.45. The number of nitrogens with zero attached hydrogens (tertiary/aromatic N) is 7. The molecular formula is C20H28N10O9S2. The Hall–Kier alpha value is -4.21. The molecule has 0 radical (unpaired) electrons. The second-order valence-corrected chi connectivity index (χ2v) is 11.7. The van der Waals surface area contributed by atoms with E-state index in [0.717, 1.165) is 16.0 Å². The lowest BCUT2D eigenvalue weighted by molar-refractivity contribution is -0.161. The first-order valence-corrected chi connectivity index (χ1v) is 13.9. The van der Waals surface area contributed by atoms with E-state index in [9.17, 15) is 37.3 Å². The second kappa shape index (κ2) is 12.1. The molecule has 1 saturated heterocycles. The van der Waals surface area contributed by atoms with Crippen LogP contribution in [0.2, 0.25) is 0 Å². The summed E-state index contributed by atoms with van der Waals surface area (Å²) in [4.78, 5) is 59.7. The summed E-state index contributed by atoms with van der Waals surface area (Å²) in [5, 5.41) is 27.0. The molecule has 1 aliphatic rings. The molecular weight excluding hydrogens is 588 g/mol. The summed E-state index contributed by atoms with van der Waals surface area (Å²) in [6.45, 7) is 2.18. The van der Waals surface area contributed by atoms with Crippen LogP contribution in [0.3, 0.4) is 0 Å². The van der Waals surface area contributed by atoms with Crippen molar-refractivity contribution in [2.45, 2.75) is 44.6 Å². The van der Waals surface area contributed by atoms with Crippen molar-refractivity contribution in [2.75, 3.05) is 26.4 Å². The van der Waals surface area contributed by atoms with Crippen LogP contribution in [-0.2, 0) is 47.4 Å². The molecule has 1 aliphatic heterocycles. The lowest BCUT2D eigenvalue weighted by Gasteiger charge is -2.43. The minimum Gasteiger partial charge on any atom is -0.478 e. The number of rotatable bonds is 13. The van der Waals surface area contributed by atoms with Gasteiger partial charge in [-0.1, -0.05) is 10.4 Å². The highest BCUT2D eigenvalue weighted by molar-refractivity contribution is 7.84. The summed E-state index contributed by atoms with van der Waals surface area (Å²) in [5.74, 6) is -3.89. The number of amides is 3. The van der Waals surface area contributed by atoms with Crippen molar-refractivity contribution in [3.63, 3.8) is 0 Å². The zero-order valence-corrected chi connectivity index (χ0v) is 23.8. The molecule has 2 atom stereocenters. The number of aromatic nitrogens is 4. The number of carbonyl (C=O) groups excluding carboxylic acids is 3. The van der Waals surface area contributed by atoms with Crippen molar-refractivity contribution in [1.29, 1.82) is 0 Å². The van der Waals surface area contributed by atoms with Gasteiger partial charge in [-0.3, -0.25) is 18.9 Å².